The Morgan fingerprint density at radius 1 is 1.04 bits per heavy atom. The molecule has 1 fully saturated rings. The van der Waals surface area contributed by atoms with Crippen LogP contribution in [0.15, 0.2) is 4.99 Å². The van der Waals surface area contributed by atoms with E-state index < -0.39 is 0 Å². The number of nitrogens with one attached hydrogen (secondary N) is 2. The quantitative estimate of drug-likeness (QED) is 0.317. The van der Waals surface area contributed by atoms with Gasteiger partial charge in [0.1, 0.15) is 0 Å². The number of ether oxygens (including phenoxy) is 1. The monoisotopic (exact) mass is 355 g/mol. The van der Waals surface area contributed by atoms with Crippen molar-refractivity contribution >= 4 is 5.96 Å². The van der Waals surface area contributed by atoms with Crippen molar-refractivity contribution in [1.29, 1.82) is 0 Å². The Hall–Kier alpha value is -0.850. The van der Waals surface area contributed by atoms with E-state index in [0.717, 1.165) is 58.2 Å². The second-order valence-corrected chi connectivity index (χ2v) is 6.89. The van der Waals surface area contributed by atoms with E-state index in [1.165, 1.54) is 32.7 Å². The van der Waals surface area contributed by atoms with E-state index in [-0.39, 0.29) is 0 Å². The lowest BCUT2D eigenvalue weighted by Gasteiger charge is -2.35. The van der Waals surface area contributed by atoms with Crippen molar-refractivity contribution < 1.29 is 4.74 Å². The number of likely N-dealkylation sites (N-methyl/N-ethyl adjacent to an activating group) is 1. The van der Waals surface area contributed by atoms with Gasteiger partial charge in [-0.15, -0.1) is 0 Å². The van der Waals surface area contributed by atoms with E-state index in [0.29, 0.717) is 5.92 Å². The standard InChI is InChI=1S/C19H41N5O/c1-5-20-19(21-10-8-9-15-25-7-3)22-16-18(4)17-24-13-11-23(6-2)12-14-24/h18H,5-17H2,1-4H3,(H2,20,21,22). The summed E-state index contributed by atoms with van der Waals surface area (Å²) >= 11 is 0. The molecule has 0 aromatic heterocycles. The van der Waals surface area contributed by atoms with Crippen LogP contribution in [-0.2, 0) is 4.74 Å². The molecule has 0 bridgehead atoms. The Morgan fingerprint density at radius 2 is 1.76 bits per heavy atom. The molecule has 1 saturated heterocycles. The van der Waals surface area contributed by atoms with Crippen LogP contribution in [0.5, 0.6) is 0 Å². The normalized spacial score (nSPS) is 18.3. The van der Waals surface area contributed by atoms with E-state index >= 15 is 0 Å². The average molecular weight is 356 g/mol. The van der Waals surface area contributed by atoms with Crippen molar-refractivity contribution in [2.24, 2.45) is 10.9 Å². The molecule has 0 aliphatic carbocycles. The van der Waals surface area contributed by atoms with Crippen LogP contribution in [0.4, 0.5) is 0 Å². The third kappa shape index (κ3) is 10.7. The van der Waals surface area contributed by atoms with Crippen molar-refractivity contribution in [3.63, 3.8) is 0 Å². The van der Waals surface area contributed by atoms with Crippen LogP contribution in [-0.4, -0.2) is 87.9 Å². The maximum atomic E-state index is 5.37. The largest absolute Gasteiger partial charge is 0.382 e. The number of aliphatic imine (C=N–C) groups is 1. The third-order valence-corrected chi connectivity index (χ3v) is 4.60. The van der Waals surface area contributed by atoms with E-state index in [1.807, 2.05) is 6.92 Å². The highest BCUT2D eigenvalue weighted by molar-refractivity contribution is 5.79. The molecule has 1 rings (SSSR count). The Morgan fingerprint density at radius 3 is 2.40 bits per heavy atom. The molecule has 1 aliphatic heterocycles. The van der Waals surface area contributed by atoms with Gasteiger partial charge in [0.25, 0.3) is 0 Å². The molecule has 6 nitrogen and oxygen atoms in total. The maximum absolute atomic E-state index is 5.37. The van der Waals surface area contributed by atoms with Gasteiger partial charge >= 0.3 is 0 Å². The molecule has 1 heterocycles. The van der Waals surface area contributed by atoms with E-state index in [9.17, 15) is 0 Å². The number of hydrogen-bond donors (Lipinski definition) is 2. The number of unbranched alkanes of at least 4 members (excludes halogenated alkanes) is 1. The van der Waals surface area contributed by atoms with Gasteiger partial charge in [0.2, 0.25) is 0 Å². The smallest absolute Gasteiger partial charge is 0.191 e. The molecule has 0 aromatic rings. The highest BCUT2D eigenvalue weighted by Crippen LogP contribution is 2.06. The summed E-state index contributed by atoms with van der Waals surface area (Å²) in [6.45, 7) is 20.2. The third-order valence-electron chi connectivity index (χ3n) is 4.60. The molecule has 0 radical (unpaired) electrons. The summed E-state index contributed by atoms with van der Waals surface area (Å²) in [5.41, 5.74) is 0. The van der Waals surface area contributed by atoms with Crippen molar-refractivity contribution in [1.82, 2.24) is 20.4 Å². The van der Waals surface area contributed by atoms with Gasteiger partial charge in [0.05, 0.1) is 0 Å². The van der Waals surface area contributed by atoms with Gasteiger partial charge in [-0.05, 0) is 39.2 Å². The molecule has 1 aliphatic rings. The molecule has 0 amide bonds. The Labute approximate surface area is 155 Å². The van der Waals surface area contributed by atoms with E-state index in [2.05, 4.69) is 41.2 Å². The summed E-state index contributed by atoms with van der Waals surface area (Å²) in [5, 5.41) is 6.78. The molecule has 25 heavy (non-hydrogen) atoms. The minimum atomic E-state index is 0.585. The SMILES string of the molecule is CCNC(=NCC(C)CN1CCN(CC)CC1)NCCCCOCC. The van der Waals surface area contributed by atoms with Gasteiger partial charge in [-0.1, -0.05) is 13.8 Å². The van der Waals surface area contributed by atoms with E-state index in [4.69, 9.17) is 9.73 Å². The van der Waals surface area contributed by atoms with Gasteiger partial charge < -0.3 is 25.2 Å². The minimum Gasteiger partial charge on any atom is -0.382 e. The molecule has 0 aromatic carbocycles. The molecule has 0 spiro atoms. The maximum Gasteiger partial charge on any atom is 0.191 e. The van der Waals surface area contributed by atoms with Crippen LogP contribution in [0.3, 0.4) is 0 Å². The zero-order chi connectivity index (χ0) is 18.3. The van der Waals surface area contributed by atoms with Gasteiger partial charge in [0.15, 0.2) is 5.96 Å². The molecule has 6 heteroatoms. The fourth-order valence-electron chi connectivity index (χ4n) is 3.06. The summed E-state index contributed by atoms with van der Waals surface area (Å²) < 4.78 is 5.37. The van der Waals surface area contributed by atoms with Crippen LogP contribution >= 0.6 is 0 Å². The number of guanidine groups is 1. The summed E-state index contributed by atoms with van der Waals surface area (Å²) in [7, 11) is 0. The fourth-order valence-corrected chi connectivity index (χ4v) is 3.06. The summed E-state index contributed by atoms with van der Waals surface area (Å²) in [6.07, 6.45) is 2.21. The molecular formula is C19H41N5O. The Bertz CT molecular complexity index is 343. The first-order valence-electron chi connectivity index (χ1n) is 10.2. The highest BCUT2D eigenvalue weighted by Gasteiger charge is 2.17. The summed E-state index contributed by atoms with van der Waals surface area (Å²) in [5.74, 6) is 1.53. The van der Waals surface area contributed by atoms with Crippen LogP contribution in [0.1, 0.15) is 40.5 Å². The molecule has 1 unspecified atom stereocenters. The van der Waals surface area contributed by atoms with Gasteiger partial charge in [0, 0.05) is 65.6 Å². The molecular weight excluding hydrogens is 314 g/mol. The summed E-state index contributed by atoms with van der Waals surface area (Å²) in [6, 6.07) is 0. The molecule has 148 valence electrons. The van der Waals surface area contributed by atoms with Crippen LogP contribution in [0.25, 0.3) is 0 Å². The number of piperazine rings is 1. The topological polar surface area (TPSA) is 52.1 Å². The lowest BCUT2D eigenvalue weighted by molar-refractivity contribution is 0.125. The second-order valence-electron chi connectivity index (χ2n) is 6.89. The fraction of sp³-hybridized carbons (Fsp3) is 0.947. The van der Waals surface area contributed by atoms with Crippen molar-refractivity contribution in [2.45, 2.75) is 40.5 Å². The Balaban J connectivity index is 2.23. The lowest BCUT2D eigenvalue weighted by Crippen LogP contribution is -2.47. The first-order chi connectivity index (χ1) is 12.2. The number of rotatable bonds is 12. The molecule has 0 saturated carbocycles. The molecule has 2 N–H and O–H groups in total. The van der Waals surface area contributed by atoms with Gasteiger partial charge in [-0.2, -0.15) is 0 Å². The Kier molecular flexibility index (Phi) is 12.7. The van der Waals surface area contributed by atoms with E-state index in [1.54, 1.807) is 0 Å². The van der Waals surface area contributed by atoms with Crippen molar-refractivity contribution in [3.05, 3.63) is 0 Å². The number of nitrogens with zero attached hydrogens (tertiary/aromatic N) is 3. The zero-order valence-corrected chi connectivity index (χ0v) is 17.0. The van der Waals surface area contributed by atoms with Crippen molar-refractivity contribution in [2.75, 3.05) is 72.1 Å². The summed E-state index contributed by atoms with van der Waals surface area (Å²) in [4.78, 5) is 9.88. The van der Waals surface area contributed by atoms with Crippen molar-refractivity contribution in [3.8, 4) is 0 Å². The van der Waals surface area contributed by atoms with Crippen LogP contribution < -0.4 is 10.6 Å². The predicted molar refractivity (Wildman–Crippen MR) is 107 cm³/mol. The second kappa shape index (κ2) is 14.3. The predicted octanol–water partition coefficient (Wildman–Crippen LogP) is 1.63. The van der Waals surface area contributed by atoms with Crippen LogP contribution in [0.2, 0.25) is 0 Å². The van der Waals surface area contributed by atoms with Crippen LogP contribution in [0, 0.1) is 5.92 Å². The first kappa shape index (κ1) is 22.2. The van der Waals surface area contributed by atoms with Gasteiger partial charge in [-0.25, -0.2) is 0 Å². The highest BCUT2D eigenvalue weighted by atomic mass is 16.5. The average Bonchev–Trinajstić information content (AvgIpc) is 2.63. The molecule has 1 atom stereocenters. The number of hydrogen-bond acceptors (Lipinski definition) is 4. The zero-order valence-electron chi connectivity index (χ0n) is 17.0. The minimum absolute atomic E-state index is 0.585. The van der Waals surface area contributed by atoms with Gasteiger partial charge in [-0.3, -0.25) is 4.99 Å². The first-order valence-corrected chi connectivity index (χ1v) is 10.2. The lowest BCUT2D eigenvalue weighted by atomic mass is 10.1.